The molecule has 0 amide bonds. The minimum Gasteiger partial charge on any atom is -0.260 e. The maximum Gasteiger partial charge on any atom is 0.384 e. The molecule has 2 aromatic rings. The lowest BCUT2D eigenvalue weighted by molar-refractivity contribution is -0.385. The number of hydrogen-bond donors (Lipinski definition) is 0. The van der Waals surface area contributed by atoms with E-state index in [1.807, 2.05) is 0 Å². The molecule has 0 aromatic heterocycles. The zero-order chi connectivity index (χ0) is 55.9. The monoisotopic (exact) mass is 1160 g/mol. The maximum atomic E-state index is 14.5. The first-order valence-corrected chi connectivity index (χ1v) is 20.4. The van der Waals surface area contributed by atoms with E-state index in [1.165, 1.54) is 0 Å². The second kappa shape index (κ2) is 18.4. The van der Waals surface area contributed by atoms with E-state index in [0.717, 1.165) is 0 Å². The van der Waals surface area contributed by atoms with Gasteiger partial charge >= 0.3 is 90.3 Å². The number of alkyl halides is 30. The molecule has 0 radical (unpaired) electrons. The summed E-state index contributed by atoms with van der Waals surface area (Å²) >= 11 is 0. The quantitative estimate of drug-likeness (QED) is 0.0745. The maximum absolute atomic E-state index is 14.5. The van der Waals surface area contributed by atoms with E-state index >= 15 is 0 Å². The van der Waals surface area contributed by atoms with Gasteiger partial charge < -0.3 is 0 Å². The predicted molar refractivity (Wildman–Crippen MR) is 161 cm³/mol. The predicted octanol–water partition coefficient (Wildman–Crippen LogP) is 10.4. The minimum atomic E-state index is -8.12. The van der Waals surface area contributed by atoms with Crippen LogP contribution in [0.4, 0.5) is 132 Å². The summed E-state index contributed by atoms with van der Waals surface area (Å²) in [4.78, 5) is -10.2. The van der Waals surface area contributed by atoms with E-state index in [1.54, 1.807) is 0 Å². The first kappa shape index (κ1) is 62.4. The standard InChI is InChI=1S/C28H14F30O9S3/c29-14(30)20(41,42)26(53,54)23(47,48)17(35,36)6-65-68(59,60)11-5-9-3-1-2-4-10(9)12(69(61,62)66-7-18(37,38)24(49,50)27(55,56)21(43,44)15(31)32)13(11)70(63,64)67-8-19(39,40)25(51,52)28(57,58)22(45,46)16(33)34/h1-5,14-16H,6-8H2. The lowest BCUT2D eigenvalue weighted by Gasteiger charge is -2.36. The van der Waals surface area contributed by atoms with Gasteiger partial charge in [-0.05, 0) is 11.5 Å². The summed E-state index contributed by atoms with van der Waals surface area (Å²) in [5.41, 5.74) is 0. The number of benzene rings is 2. The van der Waals surface area contributed by atoms with E-state index in [2.05, 4.69) is 12.5 Å². The van der Waals surface area contributed by atoms with Gasteiger partial charge in [0.15, 0.2) is 0 Å². The molecule has 0 N–H and O–H groups in total. The summed E-state index contributed by atoms with van der Waals surface area (Å²) in [6.45, 7) is -13.0. The fraction of sp³-hybridized carbons (Fsp3) is 0.643. The molecule has 408 valence electrons. The Bertz CT molecular complexity index is 2580. The van der Waals surface area contributed by atoms with Crippen LogP contribution in [-0.2, 0) is 42.9 Å². The van der Waals surface area contributed by atoms with Gasteiger partial charge in [-0.25, -0.2) is 26.3 Å². The Balaban J connectivity index is 3.13. The molecular formula is C28H14F30O9S3. The van der Waals surface area contributed by atoms with Gasteiger partial charge in [0, 0.05) is 5.39 Å². The van der Waals surface area contributed by atoms with Crippen LogP contribution in [0.5, 0.6) is 0 Å². The summed E-state index contributed by atoms with van der Waals surface area (Å²) < 4.78 is 499. The summed E-state index contributed by atoms with van der Waals surface area (Å²) in [5.74, 6) is -93.4. The first-order valence-electron chi connectivity index (χ1n) is 16.2. The Hall–Kier alpha value is -3.67. The van der Waals surface area contributed by atoms with Crippen molar-refractivity contribution in [3.05, 3.63) is 30.3 Å². The van der Waals surface area contributed by atoms with E-state index in [4.69, 9.17) is 0 Å². The molecule has 0 saturated heterocycles. The third kappa shape index (κ3) is 9.91. The third-order valence-corrected chi connectivity index (χ3v) is 12.8. The molecule has 42 heteroatoms. The van der Waals surface area contributed by atoms with E-state index in [9.17, 15) is 157 Å². The topological polar surface area (TPSA) is 130 Å². The van der Waals surface area contributed by atoms with Gasteiger partial charge in [-0.1, -0.05) is 24.3 Å². The van der Waals surface area contributed by atoms with Crippen LogP contribution in [0.15, 0.2) is 45.0 Å². The second-order valence-corrected chi connectivity index (χ2v) is 17.9. The minimum absolute atomic E-state index is 0.0794. The van der Waals surface area contributed by atoms with Crippen molar-refractivity contribution in [2.24, 2.45) is 0 Å². The van der Waals surface area contributed by atoms with Crippen LogP contribution < -0.4 is 0 Å². The second-order valence-electron chi connectivity index (χ2n) is 13.2. The van der Waals surface area contributed by atoms with Gasteiger partial charge in [0.2, 0.25) is 0 Å². The zero-order valence-corrected chi connectivity index (χ0v) is 33.9. The molecule has 0 aliphatic carbocycles. The fourth-order valence-corrected chi connectivity index (χ4v) is 9.17. The smallest absolute Gasteiger partial charge is 0.260 e. The lowest BCUT2D eigenvalue weighted by atomic mass is 9.99. The number of halogens is 30. The lowest BCUT2D eigenvalue weighted by Crippen LogP contribution is -2.65. The average Bonchev–Trinajstić information content (AvgIpc) is 3.20. The van der Waals surface area contributed by atoms with Crippen molar-refractivity contribution in [2.75, 3.05) is 19.8 Å². The van der Waals surface area contributed by atoms with Crippen LogP contribution in [0.1, 0.15) is 0 Å². The van der Waals surface area contributed by atoms with Crippen molar-refractivity contribution in [1.29, 1.82) is 0 Å². The molecule has 0 spiro atoms. The first-order chi connectivity index (χ1) is 30.5. The van der Waals surface area contributed by atoms with Crippen molar-refractivity contribution in [1.82, 2.24) is 0 Å². The fourth-order valence-electron chi connectivity index (χ4n) is 4.58. The Labute approximate surface area is 365 Å². The molecule has 2 rings (SSSR count). The normalized spacial score (nSPS) is 15.8. The van der Waals surface area contributed by atoms with Gasteiger partial charge in [-0.2, -0.15) is 131 Å². The van der Waals surface area contributed by atoms with E-state index < -0.39 is 172 Å². The molecule has 0 atom stereocenters. The summed E-state index contributed by atoms with van der Waals surface area (Å²) in [7, 11) is -23.2. The van der Waals surface area contributed by atoms with E-state index in [0.29, 0.717) is 6.07 Å². The van der Waals surface area contributed by atoms with Crippen LogP contribution in [0.3, 0.4) is 0 Å². The van der Waals surface area contributed by atoms with Crippen LogP contribution in [0, 0.1) is 0 Å². The molecule has 0 saturated carbocycles. The Morgan fingerprint density at radius 2 is 0.629 bits per heavy atom. The van der Waals surface area contributed by atoms with Crippen LogP contribution in [0.2, 0.25) is 0 Å². The van der Waals surface area contributed by atoms with E-state index in [-0.39, 0.29) is 18.2 Å². The van der Waals surface area contributed by atoms with Crippen molar-refractivity contribution >= 4 is 41.1 Å². The van der Waals surface area contributed by atoms with Crippen LogP contribution in [-0.4, -0.2) is 135 Å². The highest BCUT2D eigenvalue weighted by atomic mass is 32.2. The molecule has 0 fully saturated rings. The van der Waals surface area contributed by atoms with Crippen molar-refractivity contribution in [3.8, 4) is 0 Å². The average molecular weight is 1160 g/mol. The largest absolute Gasteiger partial charge is 0.384 e. The summed E-state index contributed by atoms with van der Waals surface area (Å²) in [6.07, 6.45) is -18.1. The molecule has 0 bridgehead atoms. The summed E-state index contributed by atoms with van der Waals surface area (Å²) in [6, 6.07) is -0.149. The number of hydrogen-bond acceptors (Lipinski definition) is 9. The highest BCUT2D eigenvalue weighted by molar-refractivity contribution is 7.91. The number of rotatable bonds is 24. The molecular weight excluding hydrogens is 1150 g/mol. The molecule has 2 aromatic carbocycles. The molecule has 9 nitrogen and oxygen atoms in total. The Morgan fingerprint density at radius 1 is 0.371 bits per heavy atom. The third-order valence-electron chi connectivity index (χ3n) is 8.52. The van der Waals surface area contributed by atoms with Crippen molar-refractivity contribution < 1.29 is 170 Å². The zero-order valence-electron chi connectivity index (χ0n) is 31.5. The van der Waals surface area contributed by atoms with Crippen LogP contribution >= 0.6 is 0 Å². The molecule has 0 heterocycles. The van der Waals surface area contributed by atoms with Crippen molar-refractivity contribution in [3.63, 3.8) is 0 Å². The molecule has 0 unspecified atom stereocenters. The Kier molecular flexibility index (Phi) is 16.4. The van der Waals surface area contributed by atoms with Gasteiger partial charge in [0.05, 0.1) is 0 Å². The van der Waals surface area contributed by atoms with Gasteiger partial charge in [0.25, 0.3) is 30.4 Å². The molecule has 0 aliphatic heterocycles. The Morgan fingerprint density at radius 3 is 0.914 bits per heavy atom. The van der Waals surface area contributed by atoms with Crippen molar-refractivity contribution in [2.45, 2.75) is 105 Å². The molecule has 0 aliphatic rings. The molecule has 70 heavy (non-hydrogen) atoms. The van der Waals surface area contributed by atoms with Crippen LogP contribution in [0.25, 0.3) is 10.8 Å². The summed E-state index contributed by atoms with van der Waals surface area (Å²) in [5, 5.41) is -3.61. The van der Waals surface area contributed by atoms with Gasteiger partial charge in [-0.3, -0.25) is 12.5 Å². The van der Waals surface area contributed by atoms with Gasteiger partial charge in [-0.15, -0.1) is 0 Å². The SMILES string of the molecule is O=S(=O)(OCC(F)(F)C(F)(F)C(F)(F)C(F)(F)C(F)F)c1cc2ccccc2c(S(=O)(=O)OCC(F)(F)C(F)(F)C(F)(F)C(F)(F)C(F)F)c1S(=O)(=O)OCC(F)(F)C(F)(F)C(F)(F)C(F)(F)C(F)F. The van der Waals surface area contributed by atoms with Gasteiger partial charge in [0.1, 0.15) is 34.5 Å². The highest BCUT2D eigenvalue weighted by Crippen LogP contribution is 2.58. The number of fused-ring (bicyclic) bond motifs is 1. The highest BCUT2D eigenvalue weighted by Gasteiger charge is 2.85.